The summed E-state index contributed by atoms with van der Waals surface area (Å²) in [6.45, 7) is 1.70. The highest BCUT2D eigenvalue weighted by Crippen LogP contribution is 2.26. The quantitative estimate of drug-likeness (QED) is 0.692. The molecule has 3 rings (SSSR count). The van der Waals surface area contributed by atoms with E-state index >= 15 is 0 Å². The zero-order valence-corrected chi connectivity index (χ0v) is 15.5. The van der Waals surface area contributed by atoms with Crippen LogP contribution in [0.3, 0.4) is 0 Å². The number of fused-ring (bicyclic) bond motifs is 1. The lowest BCUT2D eigenvalue weighted by Gasteiger charge is -2.13. The van der Waals surface area contributed by atoms with E-state index in [1.54, 1.807) is 25.1 Å². The third-order valence-electron chi connectivity index (χ3n) is 3.94. The molecule has 0 saturated carbocycles. The first-order valence-corrected chi connectivity index (χ1v) is 9.08. The van der Waals surface area contributed by atoms with Crippen LogP contribution in [0.5, 0.6) is 0 Å². The van der Waals surface area contributed by atoms with Crippen LogP contribution in [0.1, 0.15) is 29.7 Å². The van der Waals surface area contributed by atoms with Crippen molar-refractivity contribution in [3.63, 3.8) is 0 Å². The Morgan fingerprint density at radius 1 is 1.22 bits per heavy atom. The largest absolute Gasteiger partial charge is 0.480 e. The molecular weight excluding hydrogens is 398 g/mol. The van der Waals surface area contributed by atoms with E-state index in [2.05, 4.69) is 4.99 Å². The first kappa shape index (κ1) is 19.2. The van der Waals surface area contributed by atoms with Crippen molar-refractivity contribution >= 4 is 45.0 Å². The number of amides is 1. The van der Waals surface area contributed by atoms with Crippen LogP contribution in [0, 0.1) is 11.6 Å². The molecule has 5 nitrogen and oxygen atoms in total. The van der Waals surface area contributed by atoms with Gasteiger partial charge in [0.15, 0.2) is 16.4 Å². The Kier molecular flexibility index (Phi) is 5.38. The van der Waals surface area contributed by atoms with Gasteiger partial charge in [-0.05, 0) is 42.8 Å². The van der Waals surface area contributed by atoms with Crippen LogP contribution in [-0.4, -0.2) is 21.6 Å². The van der Waals surface area contributed by atoms with Crippen LogP contribution in [0.2, 0.25) is 5.02 Å². The topological polar surface area (TPSA) is 71.7 Å². The highest BCUT2D eigenvalue weighted by Gasteiger charge is 2.22. The smallest absolute Gasteiger partial charge is 0.326 e. The summed E-state index contributed by atoms with van der Waals surface area (Å²) in [6, 6.07) is 6.69. The number of benzene rings is 2. The van der Waals surface area contributed by atoms with Gasteiger partial charge >= 0.3 is 5.97 Å². The Bertz CT molecular complexity index is 1120. The molecule has 0 bridgehead atoms. The van der Waals surface area contributed by atoms with E-state index in [-0.39, 0.29) is 16.8 Å². The maximum atomic E-state index is 13.4. The van der Waals surface area contributed by atoms with E-state index in [9.17, 15) is 23.5 Å². The number of aliphatic carboxylic acids is 1. The number of carboxylic acids is 1. The number of carbonyl (C=O) groups is 2. The summed E-state index contributed by atoms with van der Waals surface area (Å²) in [6.07, 6.45) is 0.250. The van der Waals surface area contributed by atoms with E-state index in [4.69, 9.17) is 11.6 Å². The molecule has 140 valence electrons. The highest BCUT2D eigenvalue weighted by molar-refractivity contribution is 7.16. The molecule has 0 spiro atoms. The fraction of sp³-hybridized carbons (Fsp3) is 0.167. The average Bonchev–Trinajstić information content (AvgIpc) is 2.95. The van der Waals surface area contributed by atoms with Gasteiger partial charge in [-0.3, -0.25) is 4.79 Å². The molecular formula is C18H13ClF2N2O3S. The lowest BCUT2D eigenvalue weighted by atomic mass is 10.2. The summed E-state index contributed by atoms with van der Waals surface area (Å²) >= 11 is 7.14. The average molecular weight is 411 g/mol. The minimum atomic E-state index is -1.16. The number of hydrogen-bond acceptors (Lipinski definition) is 3. The lowest BCUT2D eigenvalue weighted by molar-refractivity contribution is -0.140. The molecule has 1 heterocycles. The molecule has 0 aliphatic rings. The molecule has 0 fully saturated rings. The maximum Gasteiger partial charge on any atom is 0.326 e. The molecule has 9 heteroatoms. The highest BCUT2D eigenvalue weighted by atomic mass is 35.5. The number of nitrogens with zero attached hydrogens (tertiary/aromatic N) is 2. The van der Waals surface area contributed by atoms with Crippen molar-refractivity contribution in [1.29, 1.82) is 0 Å². The van der Waals surface area contributed by atoms with Crippen LogP contribution in [0.4, 0.5) is 8.78 Å². The Morgan fingerprint density at radius 2 is 1.96 bits per heavy atom. The van der Waals surface area contributed by atoms with Crippen LogP contribution in [-0.2, 0) is 4.79 Å². The van der Waals surface area contributed by atoms with Gasteiger partial charge in [0.05, 0.1) is 10.2 Å². The minimum Gasteiger partial charge on any atom is -0.480 e. The summed E-state index contributed by atoms with van der Waals surface area (Å²) in [5, 5.41) is 9.96. The van der Waals surface area contributed by atoms with E-state index in [1.807, 2.05) is 0 Å². The number of halogens is 3. The molecule has 0 aliphatic heterocycles. The second-order valence-electron chi connectivity index (χ2n) is 5.67. The van der Waals surface area contributed by atoms with Crippen molar-refractivity contribution in [2.24, 2.45) is 4.99 Å². The van der Waals surface area contributed by atoms with Gasteiger partial charge in [-0.2, -0.15) is 4.99 Å². The Hall–Kier alpha value is -2.58. The summed E-state index contributed by atoms with van der Waals surface area (Å²) in [7, 11) is 0. The van der Waals surface area contributed by atoms with Crippen molar-refractivity contribution < 1.29 is 23.5 Å². The van der Waals surface area contributed by atoms with Crippen LogP contribution in [0.15, 0.2) is 41.4 Å². The summed E-state index contributed by atoms with van der Waals surface area (Å²) in [5.41, 5.74) is 0.387. The number of thiazole rings is 1. The fourth-order valence-corrected chi connectivity index (χ4v) is 3.86. The Balaban J connectivity index is 2.23. The molecule has 0 radical (unpaired) electrons. The molecule has 2 aromatic carbocycles. The zero-order chi connectivity index (χ0) is 19.7. The third kappa shape index (κ3) is 3.77. The number of carboxylic acid groups (broad SMARTS) is 1. The summed E-state index contributed by atoms with van der Waals surface area (Å²) in [4.78, 5) is 28.2. The van der Waals surface area contributed by atoms with Crippen LogP contribution < -0.4 is 4.80 Å². The van der Waals surface area contributed by atoms with Crippen LogP contribution in [0.25, 0.3) is 10.2 Å². The van der Waals surface area contributed by atoms with E-state index in [0.29, 0.717) is 15.2 Å². The number of rotatable bonds is 4. The number of hydrogen-bond donors (Lipinski definition) is 1. The van der Waals surface area contributed by atoms with Gasteiger partial charge < -0.3 is 9.67 Å². The molecule has 1 N–H and O–H groups in total. The molecule has 1 unspecified atom stereocenters. The van der Waals surface area contributed by atoms with Crippen molar-refractivity contribution in [2.45, 2.75) is 19.4 Å². The number of carbonyl (C=O) groups excluding carboxylic acids is 1. The Morgan fingerprint density at radius 3 is 2.59 bits per heavy atom. The van der Waals surface area contributed by atoms with Crippen molar-refractivity contribution in [2.75, 3.05) is 0 Å². The molecule has 1 amide bonds. The minimum absolute atomic E-state index is 0.135. The second kappa shape index (κ2) is 7.58. The van der Waals surface area contributed by atoms with Crippen molar-refractivity contribution in [3.8, 4) is 0 Å². The molecule has 3 aromatic rings. The summed E-state index contributed by atoms with van der Waals surface area (Å²) in [5.74, 6) is -4.13. The molecule has 0 saturated heterocycles. The fourth-order valence-electron chi connectivity index (χ4n) is 2.64. The van der Waals surface area contributed by atoms with E-state index < -0.39 is 29.6 Å². The predicted molar refractivity (Wildman–Crippen MR) is 98.0 cm³/mol. The second-order valence-corrected chi connectivity index (χ2v) is 7.12. The Labute approximate surface area is 161 Å². The third-order valence-corrected chi connectivity index (χ3v) is 5.21. The standard InChI is InChI=1S/C18H13ClF2N2O3S/c1-2-13(17(25)26)23-14-8-10(19)4-6-15(14)27-18(23)22-16(24)9-3-5-11(20)12(21)7-9/h3-8,13H,2H2,1H3,(H,25,26). The van der Waals surface area contributed by atoms with Crippen molar-refractivity contribution in [1.82, 2.24) is 4.57 Å². The van der Waals surface area contributed by atoms with Crippen LogP contribution >= 0.6 is 22.9 Å². The SMILES string of the molecule is CCC(C(=O)O)n1c(=NC(=O)c2ccc(F)c(F)c2)sc2ccc(Cl)cc21. The number of aromatic nitrogens is 1. The molecule has 0 aliphatic carbocycles. The summed E-state index contributed by atoms with van der Waals surface area (Å²) < 4.78 is 28.6. The lowest BCUT2D eigenvalue weighted by Crippen LogP contribution is -2.27. The van der Waals surface area contributed by atoms with Gasteiger partial charge in [-0.15, -0.1) is 0 Å². The van der Waals surface area contributed by atoms with E-state index in [1.165, 1.54) is 4.57 Å². The first-order chi connectivity index (χ1) is 12.8. The molecule has 1 aromatic heterocycles. The van der Waals surface area contributed by atoms with Crippen molar-refractivity contribution in [3.05, 3.63) is 63.4 Å². The van der Waals surface area contributed by atoms with Gasteiger partial charge in [0, 0.05) is 10.6 Å². The monoisotopic (exact) mass is 410 g/mol. The maximum absolute atomic E-state index is 13.4. The predicted octanol–water partition coefficient (Wildman–Crippen LogP) is 4.41. The van der Waals surface area contributed by atoms with Gasteiger partial charge in [0.2, 0.25) is 0 Å². The zero-order valence-electron chi connectivity index (χ0n) is 13.9. The van der Waals surface area contributed by atoms with E-state index in [0.717, 1.165) is 29.5 Å². The van der Waals surface area contributed by atoms with Gasteiger partial charge in [0.25, 0.3) is 5.91 Å². The first-order valence-electron chi connectivity index (χ1n) is 7.89. The normalized spacial score (nSPS) is 13.1. The van der Waals surface area contributed by atoms with Gasteiger partial charge in [0.1, 0.15) is 6.04 Å². The molecule has 27 heavy (non-hydrogen) atoms. The van der Waals surface area contributed by atoms with Gasteiger partial charge in [-0.1, -0.05) is 29.9 Å². The van der Waals surface area contributed by atoms with Gasteiger partial charge in [-0.25, -0.2) is 13.6 Å². The molecule has 1 atom stereocenters.